The fraction of sp³-hybridized carbons (Fsp3) is 0.467. The lowest BCUT2D eigenvalue weighted by atomic mass is 10.0. The van der Waals surface area contributed by atoms with E-state index < -0.39 is 44.1 Å². The fourth-order valence-electron chi connectivity index (χ4n) is 5.67. The number of nitrogens with one attached hydrogen (secondary N) is 2. The van der Waals surface area contributed by atoms with Gasteiger partial charge in [0.15, 0.2) is 5.75 Å². The Balaban J connectivity index is 1.40. The lowest BCUT2D eigenvalue weighted by Crippen LogP contribution is -2.46. The van der Waals surface area contributed by atoms with Crippen molar-refractivity contribution in [2.24, 2.45) is 0 Å². The zero-order valence-corrected chi connectivity index (χ0v) is 25.5. The van der Waals surface area contributed by atoms with Crippen molar-refractivity contribution in [1.29, 1.82) is 0 Å². The van der Waals surface area contributed by atoms with E-state index in [1.54, 1.807) is 18.2 Å². The van der Waals surface area contributed by atoms with Crippen molar-refractivity contribution in [3.05, 3.63) is 46.8 Å². The van der Waals surface area contributed by atoms with Crippen molar-refractivity contribution < 1.29 is 40.0 Å². The first-order valence-corrected chi connectivity index (χ1v) is 17.0. The van der Waals surface area contributed by atoms with E-state index in [4.69, 9.17) is 0 Å². The number of benzene rings is 2. The highest BCUT2D eigenvalue weighted by Gasteiger charge is 2.35. The summed E-state index contributed by atoms with van der Waals surface area (Å²) in [5, 5.41) is 6.60. The summed E-state index contributed by atoms with van der Waals surface area (Å²) in [6.07, 6.45) is -9.02. The van der Waals surface area contributed by atoms with Gasteiger partial charge < -0.3 is 24.8 Å². The second-order valence-electron chi connectivity index (χ2n) is 11.1. The zero-order valence-electron chi connectivity index (χ0n) is 23.7. The van der Waals surface area contributed by atoms with E-state index in [2.05, 4.69) is 27.2 Å². The molecule has 0 radical (unpaired) electrons. The maximum atomic E-state index is 14.7. The Kier molecular flexibility index (Phi) is 9.45. The van der Waals surface area contributed by atoms with Gasteiger partial charge in [-0.1, -0.05) is 24.0 Å². The number of anilines is 2. The lowest BCUT2D eigenvalue weighted by Gasteiger charge is -2.33. The molecule has 44 heavy (non-hydrogen) atoms. The van der Waals surface area contributed by atoms with Crippen LogP contribution >= 0.6 is 18.5 Å². The largest absolute Gasteiger partial charge is 0.573 e. The number of alkyl halides is 7. The maximum absolute atomic E-state index is 14.7. The Bertz CT molecular complexity index is 1600. The van der Waals surface area contributed by atoms with Gasteiger partial charge in [-0.2, -0.15) is 13.2 Å². The summed E-state index contributed by atoms with van der Waals surface area (Å²) in [5.74, 6) is 4.94. The number of hydrogen-bond donors (Lipinski definition) is 2. The molecule has 0 amide bonds. The minimum atomic E-state index is -4.99. The number of fused-ring (bicyclic) bond motifs is 1. The second-order valence-corrected chi connectivity index (χ2v) is 15.3. The highest BCUT2D eigenvalue weighted by molar-refractivity contribution is 7.71. The molecular formula is C30H31F7N3O2PS. The van der Waals surface area contributed by atoms with Crippen LogP contribution in [0.4, 0.5) is 42.1 Å². The molecule has 0 aliphatic carbocycles. The third-order valence-electron chi connectivity index (χ3n) is 7.80. The number of piperidine rings is 1. The van der Waals surface area contributed by atoms with Crippen molar-refractivity contribution >= 4 is 45.2 Å². The number of nitrogens with zero attached hydrogens (tertiary/aromatic N) is 1. The average molecular weight is 662 g/mol. The molecule has 5 rings (SSSR count). The third-order valence-corrected chi connectivity index (χ3v) is 12.3. The van der Waals surface area contributed by atoms with E-state index in [0.717, 1.165) is 30.2 Å². The first-order chi connectivity index (χ1) is 20.7. The minimum Gasteiger partial charge on any atom is -0.404 e. The SMILES string of the molecule is CN1CC[C@@H](Nc2cccc3c(CC(F)(F)F)c(C#CCNc4ccc(P5(=O)CCCC5)cc4OC(F)(F)F)sc23)[C@@H](F)C1. The second kappa shape index (κ2) is 12.8. The van der Waals surface area contributed by atoms with Gasteiger partial charge >= 0.3 is 12.5 Å². The lowest BCUT2D eigenvalue weighted by molar-refractivity contribution is -0.274. The molecule has 2 aliphatic rings. The molecule has 5 nitrogen and oxygen atoms in total. The molecule has 238 valence electrons. The van der Waals surface area contributed by atoms with Gasteiger partial charge in [0.25, 0.3) is 0 Å². The number of halogens is 7. The standard InChI is InChI=1S/C30H31F7N3O2PS/c1-40-13-11-23(22(31)18-40)39-25-7-4-6-20-21(17-29(32,33)34)27(44-28(20)25)8-5-12-38-24-10-9-19(43(41)14-2-3-15-43)16-26(24)42-30(35,36)37/h4,6-7,9-10,16,22-23,38-39H,2-3,11-15,17-18H2,1H3/t22-,23+/m0/s1. The van der Waals surface area contributed by atoms with E-state index in [0.29, 0.717) is 46.4 Å². The van der Waals surface area contributed by atoms with Crippen LogP contribution < -0.4 is 20.7 Å². The van der Waals surface area contributed by atoms with E-state index >= 15 is 0 Å². The average Bonchev–Trinajstić information content (AvgIpc) is 3.52. The van der Waals surface area contributed by atoms with Crippen LogP contribution in [0, 0.1) is 11.8 Å². The van der Waals surface area contributed by atoms with Gasteiger partial charge in [-0.25, -0.2) is 4.39 Å². The van der Waals surface area contributed by atoms with E-state index in [1.165, 1.54) is 12.1 Å². The highest BCUT2D eigenvalue weighted by Crippen LogP contribution is 2.52. The van der Waals surface area contributed by atoms with Crippen LogP contribution in [-0.4, -0.2) is 68.7 Å². The van der Waals surface area contributed by atoms with Gasteiger partial charge in [0.2, 0.25) is 0 Å². The van der Waals surface area contributed by atoms with Crippen molar-refractivity contribution in [1.82, 2.24) is 4.90 Å². The van der Waals surface area contributed by atoms with Crippen LogP contribution in [0.5, 0.6) is 5.75 Å². The molecule has 3 heterocycles. The number of rotatable bonds is 7. The van der Waals surface area contributed by atoms with Gasteiger partial charge in [-0.05, 0) is 61.5 Å². The predicted octanol–water partition coefficient (Wildman–Crippen LogP) is 7.60. The summed E-state index contributed by atoms with van der Waals surface area (Å²) in [4.78, 5) is 2.04. The Hall–Kier alpha value is -2.94. The molecule has 1 aromatic heterocycles. The number of thiophene rings is 1. The summed E-state index contributed by atoms with van der Waals surface area (Å²) in [6, 6.07) is 8.40. The van der Waals surface area contributed by atoms with Crippen LogP contribution in [-0.2, 0) is 11.0 Å². The molecule has 2 atom stereocenters. The monoisotopic (exact) mass is 661 g/mol. The number of ether oxygens (including phenoxy) is 1. The van der Waals surface area contributed by atoms with Gasteiger partial charge in [-0.3, -0.25) is 0 Å². The highest BCUT2D eigenvalue weighted by atomic mass is 32.1. The minimum absolute atomic E-state index is 0.0134. The molecule has 0 unspecified atom stereocenters. The predicted molar refractivity (Wildman–Crippen MR) is 161 cm³/mol. The quantitative estimate of drug-likeness (QED) is 0.155. The maximum Gasteiger partial charge on any atom is 0.573 e. The zero-order chi connectivity index (χ0) is 31.7. The molecule has 2 N–H and O–H groups in total. The third kappa shape index (κ3) is 7.82. The number of hydrogen-bond acceptors (Lipinski definition) is 6. The Labute approximate surface area is 254 Å². The molecule has 2 saturated heterocycles. The van der Waals surface area contributed by atoms with Gasteiger partial charge in [0, 0.05) is 30.7 Å². The molecule has 0 spiro atoms. The van der Waals surface area contributed by atoms with E-state index in [1.807, 2.05) is 11.9 Å². The van der Waals surface area contributed by atoms with Crippen molar-refractivity contribution in [2.45, 2.75) is 50.4 Å². The summed E-state index contributed by atoms with van der Waals surface area (Å²) >= 11 is 1.05. The Morgan fingerprint density at radius 3 is 2.52 bits per heavy atom. The summed E-state index contributed by atoms with van der Waals surface area (Å²) in [5.41, 5.74) is 0.471. The van der Waals surface area contributed by atoms with Crippen LogP contribution in [0.25, 0.3) is 10.1 Å². The molecular weight excluding hydrogens is 630 g/mol. The van der Waals surface area contributed by atoms with Crippen LogP contribution in [0.15, 0.2) is 36.4 Å². The topological polar surface area (TPSA) is 53.6 Å². The van der Waals surface area contributed by atoms with Crippen LogP contribution in [0.2, 0.25) is 0 Å². The fourth-order valence-corrected chi connectivity index (χ4v) is 9.75. The molecule has 0 saturated carbocycles. The molecule has 2 aliphatic heterocycles. The molecule has 14 heteroatoms. The first-order valence-electron chi connectivity index (χ1n) is 14.1. The Morgan fingerprint density at radius 2 is 1.84 bits per heavy atom. The summed E-state index contributed by atoms with van der Waals surface area (Å²) in [6.45, 7) is 0.730. The molecule has 3 aromatic rings. The molecule has 2 aromatic carbocycles. The van der Waals surface area contributed by atoms with Crippen LogP contribution in [0.1, 0.15) is 29.7 Å². The molecule has 0 bridgehead atoms. The smallest absolute Gasteiger partial charge is 0.404 e. The van der Waals surface area contributed by atoms with Crippen molar-refractivity contribution in [2.75, 3.05) is 49.6 Å². The van der Waals surface area contributed by atoms with Gasteiger partial charge in [0.05, 0.1) is 40.0 Å². The van der Waals surface area contributed by atoms with Gasteiger partial charge in [0.1, 0.15) is 13.3 Å². The number of likely N-dealkylation sites (tertiary alicyclic amines) is 1. The summed E-state index contributed by atoms with van der Waals surface area (Å²) < 4.78 is 113. The Morgan fingerprint density at radius 1 is 1.09 bits per heavy atom. The molecule has 2 fully saturated rings. The first kappa shape index (κ1) is 32.5. The van der Waals surface area contributed by atoms with Crippen LogP contribution in [0.3, 0.4) is 0 Å². The van der Waals surface area contributed by atoms with Crippen molar-refractivity contribution in [3.63, 3.8) is 0 Å². The normalized spacial score (nSPS) is 20.7. The van der Waals surface area contributed by atoms with Crippen molar-refractivity contribution in [3.8, 4) is 17.6 Å². The van der Waals surface area contributed by atoms with E-state index in [-0.39, 0.29) is 29.2 Å². The van der Waals surface area contributed by atoms with Gasteiger partial charge in [-0.15, -0.1) is 24.5 Å². The summed E-state index contributed by atoms with van der Waals surface area (Å²) in [7, 11) is -0.964. The van der Waals surface area contributed by atoms with E-state index in [9.17, 15) is 35.3 Å².